The lowest BCUT2D eigenvalue weighted by Crippen LogP contribution is -2.32. The highest BCUT2D eigenvalue weighted by Gasteiger charge is 2.29. The van der Waals surface area contributed by atoms with E-state index in [9.17, 15) is 18.0 Å². The minimum absolute atomic E-state index is 0.0712. The largest absolute Gasteiger partial charge is 0.384 e. The summed E-state index contributed by atoms with van der Waals surface area (Å²) >= 11 is 0. The molecule has 8 nitrogen and oxygen atoms in total. The Labute approximate surface area is 221 Å². The van der Waals surface area contributed by atoms with Crippen molar-refractivity contribution in [1.29, 1.82) is 5.41 Å². The van der Waals surface area contributed by atoms with Crippen LogP contribution in [-0.4, -0.2) is 32.3 Å². The number of sulfone groups is 1. The molecule has 0 fully saturated rings. The third-order valence-electron chi connectivity index (χ3n) is 6.41. The minimum atomic E-state index is -3.42. The number of hydrogen-bond acceptors (Lipinski definition) is 5. The Morgan fingerprint density at radius 2 is 1.50 bits per heavy atom. The molecule has 0 aliphatic heterocycles. The van der Waals surface area contributed by atoms with Crippen LogP contribution in [0.15, 0.2) is 101 Å². The van der Waals surface area contributed by atoms with Gasteiger partial charge < -0.3 is 16.4 Å². The predicted octanol–water partition coefficient (Wildman–Crippen LogP) is 4.63. The molecule has 0 saturated carbocycles. The number of carbonyl (C=O) groups excluding carboxylic acids is 2. The molecule has 0 spiro atoms. The van der Waals surface area contributed by atoms with Gasteiger partial charge in [0.05, 0.1) is 22.2 Å². The number of carbonyl (C=O) groups is 2. The van der Waals surface area contributed by atoms with Crippen molar-refractivity contribution in [1.82, 2.24) is 0 Å². The Balaban J connectivity index is 1.50. The van der Waals surface area contributed by atoms with E-state index in [4.69, 9.17) is 11.1 Å². The van der Waals surface area contributed by atoms with Crippen LogP contribution < -0.4 is 16.4 Å². The molecule has 2 amide bonds. The van der Waals surface area contributed by atoms with Crippen molar-refractivity contribution in [3.63, 3.8) is 0 Å². The molecule has 0 radical (unpaired) electrons. The lowest BCUT2D eigenvalue weighted by molar-refractivity contribution is -0.119. The normalized spacial score (nSPS) is 16.8. The fourth-order valence-electron chi connectivity index (χ4n) is 4.38. The molecule has 2 unspecified atom stereocenters. The van der Waals surface area contributed by atoms with Crippen molar-refractivity contribution in [3.8, 4) is 11.1 Å². The second kappa shape index (κ2) is 10.9. The van der Waals surface area contributed by atoms with Gasteiger partial charge in [0.2, 0.25) is 5.91 Å². The molecular formula is C29H28N4O4S. The smallest absolute Gasteiger partial charge is 0.255 e. The molecule has 194 valence electrons. The summed E-state index contributed by atoms with van der Waals surface area (Å²) in [5, 5.41) is 13.4. The monoisotopic (exact) mass is 528 g/mol. The van der Waals surface area contributed by atoms with Gasteiger partial charge in [-0.15, -0.1) is 0 Å². The Morgan fingerprint density at radius 1 is 0.895 bits per heavy atom. The quantitative estimate of drug-likeness (QED) is 0.261. The molecule has 3 aromatic carbocycles. The van der Waals surface area contributed by atoms with Gasteiger partial charge in [-0.3, -0.25) is 15.0 Å². The number of allylic oxidation sites excluding steroid dienone is 2. The maximum absolute atomic E-state index is 13.1. The van der Waals surface area contributed by atoms with Crippen LogP contribution in [0.1, 0.15) is 17.3 Å². The van der Waals surface area contributed by atoms with Gasteiger partial charge in [-0.1, -0.05) is 67.6 Å². The highest BCUT2D eigenvalue weighted by molar-refractivity contribution is 7.90. The summed E-state index contributed by atoms with van der Waals surface area (Å²) in [4.78, 5) is 26.3. The van der Waals surface area contributed by atoms with Gasteiger partial charge in [0, 0.05) is 17.4 Å². The highest BCUT2D eigenvalue weighted by atomic mass is 32.2. The summed E-state index contributed by atoms with van der Waals surface area (Å²) in [5.41, 5.74) is 8.70. The molecule has 0 heterocycles. The second-order valence-electron chi connectivity index (χ2n) is 9.07. The molecule has 0 saturated heterocycles. The first kappa shape index (κ1) is 26.6. The van der Waals surface area contributed by atoms with E-state index in [2.05, 4.69) is 10.6 Å². The molecular weight excluding hydrogens is 500 g/mol. The topological polar surface area (TPSA) is 142 Å². The maximum atomic E-state index is 13.1. The van der Waals surface area contributed by atoms with Crippen molar-refractivity contribution in [2.75, 3.05) is 16.9 Å². The summed E-state index contributed by atoms with van der Waals surface area (Å²) in [6.07, 6.45) is 6.37. The summed E-state index contributed by atoms with van der Waals surface area (Å²) in [6, 6.07) is 20.2. The van der Waals surface area contributed by atoms with E-state index in [-0.39, 0.29) is 28.5 Å². The van der Waals surface area contributed by atoms with Crippen molar-refractivity contribution in [2.45, 2.75) is 11.8 Å². The number of nitrogens with two attached hydrogens (primary N) is 1. The molecule has 1 aliphatic carbocycles. The van der Waals surface area contributed by atoms with Gasteiger partial charge in [-0.2, -0.15) is 0 Å². The zero-order chi connectivity index (χ0) is 27.4. The van der Waals surface area contributed by atoms with Crippen LogP contribution in [0.25, 0.3) is 11.1 Å². The third kappa shape index (κ3) is 5.73. The number of anilines is 2. The number of hydrogen-bond donors (Lipinski definition) is 4. The minimum Gasteiger partial charge on any atom is -0.384 e. The fraction of sp³-hybridized carbons (Fsp3) is 0.138. The standard InChI is InChI=1S/C29H28N4O4S/c1-18-21(27(30)31)9-7-10-22(18)29(35)33-25-12-5-4-11-24(25)32-28(34)20-16-14-19(15-17-20)23-8-3-6-13-26(23)38(2,36)37/h3-18,22H,1-2H3,(H3,30,31)(H,32,34)(H,33,35). The van der Waals surface area contributed by atoms with Crippen molar-refractivity contribution >= 4 is 38.9 Å². The van der Waals surface area contributed by atoms with Gasteiger partial charge in [0.1, 0.15) is 5.84 Å². The molecule has 3 aromatic rings. The lowest BCUT2D eigenvalue weighted by atomic mass is 9.82. The van der Waals surface area contributed by atoms with Crippen molar-refractivity contribution < 1.29 is 18.0 Å². The van der Waals surface area contributed by atoms with Gasteiger partial charge >= 0.3 is 0 Å². The van der Waals surface area contributed by atoms with Gasteiger partial charge in [0.25, 0.3) is 5.91 Å². The molecule has 38 heavy (non-hydrogen) atoms. The Bertz CT molecular complexity index is 1570. The van der Waals surface area contributed by atoms with E-state index in [0.29, 0.717) is 33.6 Å². The Kier molecular flexibility index (Phi) is 7.59. The number of amides is 2. The molecule has 0 aromatic heterocycles. The van der Waals surface area contributed by atoms with E-state index < -0.39 is 15.8 Å². The van der Waals surface area contributed by atoms with Crippen LogP contribution in [0.4, 0.5) is 11.4 Å². The van der Waals surface area contributed by atoms with Crippen LogP contribution in [0.3, 0.4) is 0 Å². The first-order chi connectivity index (χ1) is 18.1. The molecule has 9 heteroatoms. The van der Waals surface area contributed by atoms with Crippen LogP contribution in [0.5, 0.6) is 0 Å². The first-order valence-electron chi connectivity index (χ1n) is 11.9. The second-order valence-corrected chi connectivity index (χ2v) is 11.1. The lowest BCUT2D eigenvalue weighted by Gasteiger charge is -2.25. The zero-order valence-corrected chi connectivity index (χ0v) is 21.8. The third-order valence-corrected chi connectivity index (χ3v) is 7.57. The highest BCUT2D eigenvalue weighted by Crippen LogP contribution is 2.30. The number of benzene rings is 3. The number of para-hydroxylation sites is 2. The predicted molar refractivity (Wildman–Crippen MR) is 150 cm³/mol. The molecule has 5 N–H and O–H groups in total. The van der Waals surface area contributed by atoms with Crippen LogP contribution >= 0.6 is 0 Å². The van der Waals surface area contributed by atoms with E-state index in [1.165, 1.54) is 0 Å². The van der Waals surface area contributed by atoms with Gasteiger partial charge in [-0.25, -0.2) is 8.42 Å². The fourth-order valence-corrected chi connectivity index (χ4v) is 5.29. The first-order valence-corrected chi connectivity index (χ1v) is 13.8. The molecule has 1 aliphatic rings. The zero-order valence-electron chi connectivity index (χ0n) is 20.9. The molecule has 4 rings (SSSR count). The Morgan fingerprint density at radius 3 is 2.13 bits per heavy atom. The number of rotatable bonds is 7. The van der Waals surface area contributed by atoms with E-state index >= 15 is 0 Å². The summed E-state index contributed by atoms with van der Waals surface area (Å²) in [6.45, 7) is 1.84. The van der Waals surface area contributed by atoms with Crippen LogP contribution in [-0.2, 0) is 14.6 Å². The van der Waals surface area contributed by atoms with E-state index in [0.717, 1.165) is 6.26 Å². The Hall–Kier alpha value is -4.50. The van der Waals surface area contributed by atoms with E-state index in [1.807, 2.05) is 6.92 Å². The van der Waals surface area contributed by atoms with Gasteiger partial charge in [0.15, 0.2) is 9.84 Å². The van der Waals surface area contributed by atoms with E-state index in [1.54, 1.807) is 91.0 Å². The van der Waals surface area contributed by atoms with Crippen molar-refractivity contribution in [2.24, 2.45) is 17.6 Å². The average Bonchev–Trinajstić information content (AvgIpc) is 2.89. The maximum Gasteiger partial charge on any atom is 0.255 e. The number of nitrogens with one attached hydrogen (secondary N) is 3. The summed E-state index contributed by atoms with van der Waals surface area (Å²) in [7, 11) is -3.42. The van der Waals surface area contributed by atoms with Crippen LogP contribution in [0.2, 0.25) is 0 Å². The van der Waals surface area contributed by atoms with Gasteiger partial charge in [-0.05, 0) is 47.4 Å². The van der Waals surface area contributed by atoms with Crippen LogP contribution in [0, 0.1) is 17.2 Å². The number of amidine groups is 1. The molecule has 2 atom stereocenters. The SMILES string of the molecule is CC1C(C(=N)N)=CC=CC1C(=O)Nc1ccccc1NC(=O)c1ccc(-c2ccccc2S(C)(=O)=O)cc1. The summed E-state index contributed by atoms with van der Waals surface area (Å²) < 4.78 is 24.3. The summed E-state index contributed by atoms with van der Waals surface area (Å²) in [5.74, 6) is -1.53. The average molecular weight is 529 g/mol. The molecule has 0 bridgehead atoms. The van der Waals surface area contributed by atoms with Crippen molar-refractivity contribution in [3.05, 3.63) is 102 Å².